The number of benzene rings is 2. The number of amides is 1. The Morgan fingerprint density at radius 1 is 1.21 bits per heavy atom. The number of nitrogens with zero attached hydrogens (tertiary/aromatic N) is 1. The number of aromatic nitrogens is 2. The van der Waals surface area contributed by atoms with E-state index in [0.717, 1.165) is 16.6 Å². The van der Waals surface area contributed by atoms with Crippen molar-refractivity contribution < 1.29 is 9.59 Å². The predicted molar refractivity (Wildman–Crippen MR) is 113 cm³/mol. The van der Waals surface area contributed by atoms with Crippen LogP contribution in [0.25, 0.3) is 22.4 Å². The molecule has 2 heterocycles. The second-order valence-corrected chi connectivity index (χ2v) is 7.26. The molecule has 0 bridgehead atoms. The molecule has 3 N–H and O–H groups in total. The van der Waals surface area contributed by atoms with Crippen LogP contribution in [0.2, 0.25) is 5.02 Å². The van der Waals surface area contributed by atoms with Crippen molar-refractivity contribution >= 4 is 52.4 Å². The second kappa shape index (κ2) is 8.31. The van der Waals surface area contributed by atoms with Gasteiger partial charge in [0.1, 0.15) is 11.6 Å². The molecule has 4 rings (SSSR count). The molecule has 146 valence electrons. The zero-order valence-electron chi connectivity index (χ0n) is 15.2. The summed E-state index contributed by atoms with van der Waals surface area (Å²) in [5.41, 5.74) is 3.23. The van der Waals surface area contributed by atoms with Gasteiger partial charge >= 0.3 is 0 Å². The first-order chi connectivity index (χ1) is 13.0. The monoisotopic (exact) mass is 418 g/mol. The molecule has 0 saturated carbocycles. The number of fused-ring (bicyclic) bond motifs is 1. The Kier molecular flexibility index (Phi) is 6.03. The minimum absolute atomic E-state index is 0. The van der Waals surface area contributed by atoms with Crippen LogP contribution in [0.5, 0.6) is 0 Å². The van der Waals surface area contributed by atoms with Gasteiger partial charge in [0, 0.05) is 28.7 Å². The van der Waals surface area contributed by atoms with Gasteiger partial charge in [0.05, 0.1) is 17.1 Å². The molecule has 1 fully saturated rings. The lowest BCUT2D eigenvalue weighted by Crippen LogP contribution is -2.35. The molecule has 8 heteroatoms. The van der Waals surface area contributed by atoms with Crippen LogP contribution in [0, 0.1) is 5.92 Å². The van der Waals surface area contributed by atoms with Crippen LogP contribution in [0.1, 0.15) is 13.3 Å². The Balaban J connectivity index is 0.00000225. The molecule has 1 amide bonds. The highest BCUT2D eigenvalue weighted by Gasteiger charge is 2.31. The molecule has 28 heavy (non-hydrogen) atoms. The van der Waals surface area contributed by atoms with Crippen molar-refractivity contribution in [1.29, 1.82) is 0 Å². The lowest BCUT2D eigenvalue weighted by molar-refractivity contribution is -0.120. The van der Waals surface area contributed by atoms with Crippen molar-refractivity contribution in [3.63, 3.8) is 0 Å². The standard InChI is InChI=1S/C20H19ClN4O2.ClH/c1-11(26)13-8-18(22-10-13)20(27)23-15-4-2-3-12(7-15)19-24-16-6-5-14(21)9-17(16)25-19;/h2-7,9,13,18,22H,8,10H2,1H3,(H,23,27)(H,24,25);1H. The molecule has 2 atom stereocenters. The summed E-state index contributed by atoms with van der Waals surface area (Å²) in [4.78, 5) is 31.8. The Bertz CT molecular complexity index is 1030. The number of imidazole rings is 1. The van der Waals surface area contributed by atoms with Crippen LogP contribution < -0.4 is 10.6 Å². The van der Waals surface area contributed by atoms with Crippen molar-refractivity contribution in [2.75, 3.05) is 11.9 Å². The molecule has 3 aromatic rings. The van der Waals surface area contributed by atoms with Gasteiger partial charge in [0.25, 0.3) is 0 Å². The third kappa shape index (κ3) is 4.19. The van der Waals surface area contributed by atoms with Crippen LogP contribution in [-0.4, -0.2) is 34.2 Å². The number of nitrogens with one attached hydrogen (secondary N) is 3. The number of hydrogen-bond acceptors (Lipinski definition) is 4. The summed E-state index contributed by atoms with van der Waals surface area (Å²) in [6, 6.07) is 12.6. The minimum atomic E-state index is -0.351. The zero-order valence-corrected chi connectivity index (χ0v) is 16.7. The number of carbonyl (C=O) groups is 2. The van der Waals surface area contributed by atoms with E-state index in [1.165, 1.54) is 0 Å². The van der Waals surface area contributed by atoms with Gasteiger partial charge in [-0.3, -0.25) is 9.59 Å². The number of halogens is 2. The quantitative estimate of drug-likeness (QED) is 0.600. The van der Waals surface area contributed by atoms with Crippen LogP contribution in [0.15, 0.2) is 42.5 Å². The van der Waals surface area contributed by atoms with E-state index < -0.39 is 0 Å². The van der Waals surface area contributed by atoms with Crippen LogP contribution in [0.3, 0.4) is 0 Å². The molecule has 0 spiro atoms. The number of ketones is 1. The van der Waals surface area contributed by atoms with Crippen molar-refractivity contribution in [2.45, 2.75) is 19.4 Å². The van der Waals surface area contributed by atoms with Crippen molar-refractivity contribution in [3.05, 3.63) is 47.5 Å². The molecule has 2 unspecified atom stereocenters. The summed E-state index contributed by atoms with van der Waals surface area (Å²) in [6.07, 6.45) is 0.533. The van der Waals surface area contributed by atoms with E-state index >= 15 is 0 Å². The minimum Gasteiger partial charge on any atom is -0.338 e. The normalized spacial score (nSPS) is 18.6. The number of anilines is 1. The summed E-state index contributed by atoms with van der Waals surface area (Å²) in [6.45, 7) is 2.12. The van der Waals surface area contributed by atoms with Gasteiger partial charge in [-0.2, -0.15) is 0 Å². The Labute approximate surface area is 173 Å². The Morgan fingerprint density at radius 2 is 2.04 bits per heavy atom. The van der Waals surface area contributed by atoms with Crippen molar-refractivity contribution in [2.24, 2.45) is 5.92 Å². The molecule has 0 aliphatic carbocycles. The Morgan fingerprint density at radius 3 is 2.79 bits per heavy atom. The molecule has 0 radical (unpaired) electrons. The van der Waals surface area contributed by atoms with Gasteiger partial charge in [0.15, 0.2) is 0 Å². The molecule has 2 aromatic carbocycles. The third-order valence-corrected chi connectivity index (χ3v) is 5.10. The summed E-state index contributed by atoms with van der Waals surface area (Å²) >= 11 is 6.03. The van der Waals surface area contributed by atoms with Gasteiger partial charge in [-0.1, -0.05) is 23.7 Å². The first kappa shape index (κ1) is 20.3. The molecule has 6 nitrogen and oxygen atoms in total. The zero-order chi connectivity index (χ0) is 19.0. The first-order valence-corrected chi connectivity index (χ1v) is 9.18. The summed E-state index contributed by atoms with van der Waals surface area (Å²) in [5.74, 6) is 0.602. The largest absolute Gasteiger partial charge is 0.338 e. The molecule has 1 aromatic heterocycles. The number of Topliss-reactive ketones (excluding diaryl/α,β-unsaturated/α-hetero) is 1. The average molecular weight is 419 g/mol. The topological polar surface area (TPSA) is 86.9 Å². The second-order valence-electron chi connectivity index (χ2n) is 6.82. The van der Waals surface area contributed by atoms with Gasteiger partial charge < -0.3 is 15.6 Å². The first-order valence-electron chi connectivity index (χ1n) is 8.80. The van der Waals surface area contributed by atoms with Gasteiger partial charge in [-0.15, -0.1) is 12.4 Å². The summed E-state index contributed by atoms with van der Waals surface area (Å²) < 4.78 is 0. The third-order valence-electron chi connectivity index (χ3n) is 4.87. The molecule has 1 aliphatic heterocycles. The Hall–Kier alpha value is -2.41. The van der Waals surface area contributed by atoms with Gasteiger partial charge in [0.2, 0.25) is 5.91 Å². The number of H-pyrrole nitrogens is 1. The van der Waals surface area contributed by atoms with E-state index in [4.69, 9.17) is 11.6 Å². The average Bonchev–Trinajstić information content (AvgIpc) is 3.29. The van der Waals surface area contributed by atoms with E-state index in [1.54, 1.807) is 13.0 Å². The summed E-state index contributed by atoms with van der Waals surface area (Å²) in [5, 5.41) is 6.68. The molecular weight excluding hydrogens is 399 g/mol. The highest BCUT2D eigenvalue weighted by atomic mass is 35.5. The maximum atomic E-state index is 12.5. The lowest BCUT2D eigenvalue weighted by Gasteiger charge is -2.12. The fourth-order valence-corrected chi connectivity index (χ4v) is 3.51. The van der Waals surface area contributed by atoms with E-state index in [-0.39, 0.29) is 36.1 Å². The van der Waals surface area contributed by atoms with Crippen molar-refractivity contribution in [3.8, 4) is 11.4 Å². The number of carbonyl (C=O) groups excluding carboxylic acids is 2. The predicted octanol–water partition coefficient (Wildman–Crippen LogP) is 3.81. The van der Waals surface area contributed by atoms with Crippen LogP contribution in [0.4, 0.5) is 5.69 Å². The van der Waals surface area contributed by atoms with Crippen molar-refractivity contribution in [1.82, 2.24) is 15.3 Å². The maximum Gasteiger partial charge on any atom is 0.241 e. The number of hydrogen-bond donors (Lipinski definition) is 3. The molecule has 1 saturated heterocycles. The van der Waals surface area contributed by atoms with E-state index in [9.17, 15) is 9.59 Å². The SMILES string of the molecule is CC(=O)C1CNC(C(=O)Nc2cccc(-c3nc4ccc(Cl)cc4[nH]3)c2)C1.Cl. The van der Waals surface area contributed by atoms with Gasteiger partial charge in [-0.05, 0) is 43.7 Å². The van der Waals surface area contributed by atoms with Crippen LogP contribution in [-0.2, 0) is 9.59 Å². The smallest absolute Gasteiger partial charge is 0.241 e. The molecule has 1 aliphatic rings. The number of aromatic amines is 1. The maximum absolute atomic E-state index is 12.5. The number of rotatable bonds is 4. The summed E-state index contributed by atoms with van der Waals surface area (Å²) in [7, 11) is 0. The highest BCUT2D eigenvalue weighted by Crippen LogP contribution is 2.25. The van der Waals surface area contributed by atoms with E-state index in [2.05, 4.69) is 20.6 Å². The van der Waals surface area contributed by atoms with Crippen LogP contribution >= 0.6 is 24.0 Å². The van der Waals surface area contributed by atoms with Gasteiger partial charge in [-0.25, -0.2) is 4.98 Å². The lowest BCUT2D eigenvalue weighted by atomic mass is 10.0. The molecular formula is C20H20Cl2N4O2. The fraction of sp³-hybridized carbons (Fsp3) is 0.250. The highest BCUT2D eigenvalue weighted by molar-refractivity contribution is 6.31. The fourth-order valence-electron chi connectivity index (χ4n) is 3.34. The van der Waals surface area contributed by atoms with E-state index in [1.807, 2.05) is 36.4 Å². The van der Waals surface area contributed by atoms with E-state index in [0.29, 0.717) is 29.5 Å².